The van der Waals surface area contributed by atoms with Gasteiger partial charge in [-0.2, -0.15) is 0 Å². The van der Waals surface area contributed by atoms with E-state index in [1.807, 2.05) is 0 Å². The van der Waals surface area contributed by atoms with Gasteiger partial charge in [0, 0.05) is 0 Å². The van der Waals surface area contributed by atoms with Gasteiger partial charge in [0.2, 0.25) is 0 Å². The molecular weight excluding hydrogens is 165 g/mol. The second-order valence-electron chi connectivity index (χ2n) is 2.72. The first-order valence-corrected chi connectivity index (χ1v) is 5.05. The van der Waals surface area contributed by atoms with E-state index in [1.165, 1.54) is 11.9 Å². The molecule has 0 saturated carbocycles. The first-order valence-electron chi connectivity index (χ1n) is 2.98. The van der Waals surface area contributed by atoms with Gasteiger partial charge in [-0.1, -0.05) is 0 Å². The molecule has 0 bridgehead atoms. The van der Waals surface area contributed by atoms with E-state index >= 15 is 0 Å². The van der Waals surface area contributed by atoms with E-state index in [4.69, 9.17) is 0 Å². The summed E-state index contributed by atoms with van der Waals surface area (Å²) < 4.78 is 0.549. The molecule has 0 amide bonds. The Morgan fingerprint density at radius 3 is 2.25 bits per heavy atom. The molecule has 1 rings (SSSR count). The van der Waals surface area contributed by atoms with Crippen LogP contribution in [0.3, 0.4) is 0 Å². The van der Waals surface area contributed by atoms with Gasteiger partial charge in [-0.3, -0.25) is 0 Å². The molecule has 0 unspecified atom stereocenters. The van der Waals surface area contributed by atoms with Crippen molar-refractivity contribution < 1.29 is 0 Å². The molecule has 0 N–H and O–H groups in total. The summed E-state index contributed by atoms with van der Waals surface area (Å²) in [7, 11) is 2.22. The SMILES string of the molecule is CN1CC[Se]C1(C)C. The fourth-order valence-corrected chi connectivity index (χ4v) is 3.28. The first kappa shape index (κ1) is 6.60. The number of nitrogens with zero attached hydrogens (tertiary/aromatic N) is 1. The third-order valence-corrected chi connectivity index (χ3v) is 4.75. The molecule has 1 heterocycles. The van der Waals surface area contributed by atoms with E-state index in [0.29, 0.717) is 4.44 Å². The van der Waals surface area contributed by atoms with Crippen molar-refractivity contribution in [1.82, 2.24) is 4.90 Å². The number of rotatable bonds is 0. The van der Waals surface area contributed by atoms with Crippen molar-refractivity contribution in [2.45, 2.75) is 23.6 Å². The van der Waals surface area contributed by atoms with Crippen molar-refractivity contribution in [3.63, 3.8) is 0 Å². The normalized spacial score (nSPS) is 28.9. The zero-order valence-corrected chi connectivity index (χ0v) is 7.48. The van der Waals surface area contributed by atoms with Gasteiger partial charge < -0.3 is 0 Å². The van der Waals surface area contributed by atoms with Crippen molar-refractivity contribution >= 4 is 15.0 Å². The van der Waals surface area contributed by atoms with Crippen LogP contribution in [0.5, 0.6) is 0 Å². The molecule has 2 heteroatoms. The molecule has 0 aromatic carbocycles. The molecule has 0 aromatic heterocycles. The second-order valence-corrected chi connectivity index (χ2v) is 6.28. The molecule has 8 heavy (non-hydrogen) atoms. The summed E-state index contributed by atoms with van der Waals surface area (Å²) in [6, 6.07) is 0. The summed E-state index contributed by atoms with van der Waals surface area (Å²) in [6.07, 6.45) is 0. The van der Waals surface area contributed by atoms with E-state index in [2.05, 4.69) is 25.8 Å². The summed E-state index contributed by atoms with van der Waals surface area (Å²) >= 11 is 0.863. The van der Waals surface area contributed by atoms with Crippen molar-refractivity contribution in [1.29, 1.82) is 0 Å². The molecule has 0 spiro atoms. The van der Waals surface area contributed by atoms with Crippen molar-refractivity contribution in [2.75, 3.05) is 13.6 Å². The number of hydrogen-bond donors (Lipinski definition) is 0. The minimum absolute atomic E-state index is 0.549. The molecule has 0 radical (unpaired) electrons. The molecule has 0 aliphatic carbocycles. The van der Waals surface area contributed by atoms with Crippen LogP contribution in [0, 0.1) is 0 Å². The predicted octanol–water partition coefficient (Wildman–Crippen LogP) is 0.790. The van der Waals surface area contributed by atoms with Crippen LogP contribution in [-0.2, 0) is 0 Å². The Morgan fingerprint density at radius 2 is 2.12 bits per heavy atom. The van der Waals surface area contributed by atoms with Gasteiger partial charge in [-0.15, -0.1) is 0 Å². The zero-order chi connectivity index (χ0) is 6.20. The summed E-state index contributed by atoms with van der Waals surface area (Å²) in [5.74, 6) is 0. The Morgan fingerprint density at radius 1 is 1.50 bits per heavy atom. The van der Waals surface area contributed by atoms with Crippen LogP contribution in [-0.4, -0.2) is 37.9 Å². The molecular formula is C6H13NSe. The Kier molecular flexibility index (Phi) is 1.66. The number of hydrogen-bond acceptors (Lipinski definition) is 1. The molecule has 0 atom stereocenters. The summed E-state index contributed by atoms with van der Waals surface area (Å²) in [5.41, 5.74) is 0. The average Bonchev–Trinajstić information content (AvgIpc) is 1.86. The van der Waals surface area contributed by atoms with Crippen molar-refractivity contribution in [3.05, 3.63) is 0 Å². The summed E-state index contributed by atoms with van der Waals surface area (Å²) in [4.78, 5) is 2.45. The molecule has 1 aliphatic heterocycles. The fraction of sp³-hybridized carbons (Fsp3) is 1.00. The van der Waals surface area contributed by atoms with E-state index in [9.17, 15) is 0 Å². The minimum atomic E-state index is 0.549. The van der Waals surface area contributed by atoms with E-state index in [-0.39, 0.29) is 0 Å². The monoisotopic (exact) mass is 179 g/mol. The van der Waals surface area contributed by atoms with Gasteiger partial charge in [-0.05, 0) is 0 Å². The molecule has 1 saturated heterocycles. The standard InChI is InChI=1S/C6H13NSe/c1-6(2)7(3)4-5-8-6/h4-5H2,1-3H3. The second kappa shape index (κ2) is 2.02. The van der Waals surface area contributed by atoms with Gasteiger partial charge in [0.1, 0.15) is 0 Å². The van der Waals surface area contributed by atoms with Gasteiger partial charge >= 0.3 is 57.1 Å². The first-order chi connectivity index (χ1) is 3.63. The Bertz CT molecular complexity index is 90.5. The van der Waals surface area contributed by atoms with Crippen LogP contribution in [0.1, 0.15) is 13.8 Å². The molecule has 0 aromatic rings. The Hall–Kier alpha value is 0.479. The van der Waals surface area contributed by atoms with E-state index in [1.54, 1.807) is 0 Å². The molecule has 1 aliphatic rings. The quantitative estimate of drug-likeness (QED) is 0.496. The predicted molar refractivity (Wildman–Crippen MR) is 37.3 cm³/mol. The molecule has 1 fully saturated rings. The van der Waals surface area contributed by atoms with Crippen LogP contribution < -0.4 is 0 Å². The van der Waals surface area contributed by atoms with Gasteiger partial charge in [-0.25, -0.2) is 0 Å². The van der Waals surface area contributed by atoms with Crippen LogP contribution >= 0.6 is 0 Å². The fourth-order valence-electron chi connectivity index (χ4n) is 0.812. The maximum absolute atomic E-state index is 2.45. The van der Waals surface area contributed by atoms with E-state index < -0.39 is 0 Å². The van der Waals surface area contributed by atoms with Gasteiger partial charge in [0.05, 0.1) is 0 Å². The summed E-state index contributed by atoms with van der Waals surface area (Å²) in [6.45, 7) is 5.98. The maximum atomic E-state index is 2.45. The van der Waals surface area contributed by atoms with Crippen LogP contribution in [0.15, 0.2) is 0 Å². The third-order valence-electron chi connectivity index (χ3n) is 1.80. The van der Waals surface area contributed by atoms with Crippen molar-refractivity contribution in [3.8, 4) is 0 Å². The van der Waals surface area contributed by atoms with Gasteiger partial charge in [0.25, 0.3) is 0 Å². The molecule has 1 nitrogen and oxygen atoms in total. The van der Waals surface area contributed by atoms with E-state index in [0.717, 1.165) is 15.0 Å². The third kappa shape index (κ3) is 1.07. The topological polar surface area (TPSA) is 3.24 Å². The summed E-state index contributed by atoms with van der Waals surface area (Å²) in [5, 5.41) is 1.44. The van der Waals surface area contributed by atoms with Crippen LogP contribution in [0.4, 0.5) is 0 Å². The van der Waals surface area contributed by atoms with Crippen molar-refractivity contribution in [2.24, 2.45) is 0 Å². The van der Waals surface area contributed by atoms with Gasteiger partial charge in [0.15, 0.2) is 0 Å². The zero-order valence-electron chi connectivity index (χ0n) is 5.77. The Labute approximate surface area is 57.6 Å². The average molecular weight is 178 g/mol. The molecule has 48 valence electrons. The Balaban J connectivity index is 2.54. The van der Waals surface area contributed by atoms with Crippen LogP contribution in [0.2, 0.25) is 5.32 Å². The van der Waals surface area contributed by atoms with Crippen LogP contribution in [0.25, 0.3) is 0 Å².